The number of hydrogen-bond donors (Lipinski definition) is 0. The number of imidazole rings is 1. The van der Waals surface area contributed by atoms with Crippen LogP contribution in [0.15, 0.2) is 60.0 Å². The molecule has 0 aliphatic rings. The van der Waals surface area contributed by atoms with E-state index in [0.29, 0.717) is 38.9 Å². The van der Waals surface area contributed by atoms with E-state index in [0.717, 1.165) is 11.1 Å². The van der Waals surface area contributed by atoms with Gasteiger partial charge in [-0.3, -0.25) is 19.4 Å². The van der Waals surface area contributed by atoms with Crippen LogP contribution in [0.4, 0.5) is 19.0 Å². The zero-order valence-electron chi connectivity index (χ0n) is 25.1. The lowest BCUT2D eigenvalue weighted by atomic mass is 9.91. The number of nitriles is 2. The molecule has 0 radical (unpaired) electrons. The van der Waals surface area contributed by atoms with Gasteiger partial charge in [-0.1, -0.05) is 6.07 Å². The monoisotopic (exact) mass is 615 g/mol. The van der Waals surface area contributed by atoms with Gasteiger partial charge in [-0.05, 0) is 49.7 Å². The molecule has 5 rings (SSSR count). The predicted molar refractivity (Wildman–Crippen MR) is 160 cm³/mol. The van der Waals surface area contributed by atoms with Crippen LogP contribution in [0.1, 0.15) is 25.1 Å². The number of anilines is 1. The minimum atomic E-state index is -4.71. The van der Waals surface area contributed by atoms with Gasteiger partial charge in [0.05, 0.1) is 65.0 Å². The quantitative estimate of drug-likeness (QED) is 0.132. The number of pyridine rings is 3. The number of halogens is 3. The van der Waals surface area contributed by atoms with Crippen LogP contribution in [0, 0.1) is 22.8 Å². The Morgan fingerprint density at radius 3 is 2.40 bits per heavy atom. The Morgan fingerprint density at radius 1 is 0.978 bits per heavy atom. The van der Waals surface area contributed by atoms with Gasteiger partial charge >= 0.3 is 6.18 Å². The SMILES string of the molecule is COCCON(C)c1ncc(-c2ccc3ncc4c(c3c2)n(-c2ccc(C(C)(C)C#N)nc2)/c(=N\C#N)n4C)cc1C(F)(F)F. The van der Waals surface area contributed by atoms with Crippen molar-refractivity contribution in [2.75, 3.05) is 32.4 Å². The molecule has 45 heavy (non-hydrogen) atoms. The van der Waals surface area contributed by atoms with E-state index in [1.54, 1.807) is 72.8 Å². The Labute approximate surface area is 256 Å². The summed E-state index contributed by atoms with van der Waals surface area (Å²) in [6.45, 7) is 3.77. The summed E-state index contributed by atoms with van der Waals surface area (Å²) in [6, 6.07) is 11.9. The molecule has 230 valence electrons. The summed E-state index contributed by atoms with van der Waals surface area (Å²) >= 11 is 0. The van der Waals surface area contributed by atoms with E-state index in [9.17, 15) is 23.7 Å². The van der Waals surface area contributed by atoms with Gasteiger partial charge in [-0.25, -0.2) is 10.0 Å². The highest BCUT2D eigenvalue weighted by atomic mass is 19.4. The summed E-state index contributed by atoms with van der Waals surface area (Å²) in [5, 5.41) is 20.6. The van der Waals surface area contributed by atoms with Crippen LogP contribution in [-0.2, 0) is 28.2 Å². The summed E-state index contributed by atoms with van der Waals surface area (Å²) < 4.78 is 51.0. The number of aromatic nitrogens is 5. The molecule has 0 fully saturated rings. The molecule has 0 unspecified atom stereocenters. The summed E-state index contributed by atoms with van der Waals surface area (Å²) in [5.41, 5.74) is 2.10. The molecule has 0 amide bonds. The van der Waals surface area contributed by atoms with Gasteiger partial charge in [-0.15, -0.1) is 4.99 Å². The van der Waals surface area contributed by atoms with Crippen LogP contribution in [0.25, 0.3) is 38.8 Å². The van der Waals surface area contributed by atoms with Crippen molar-refractivity contribution in [2.24, 2.45) is 12.0 Å². The second-order valence-electron chi connectivity index (χ2n) is 10.7. The molecule has 1 aromatic carbocycles. The summed E-state index contributed by atoms with van der Waals surface area (Å²) in [4.78, 5) is 22.6. The second kappa shape index (κ2) is 12.0. The molecular formula is C31H28F3N9O2. The van der Waals surface area contributed by atoms with Crippen LogP contribution >= 0.6 is 0 Å². The Balaban J connectivity index is 1.72. The van der Waals surface area contributed by atoms with Crippen molar-refractivity contribution in [2.45, 2.75) is 25.4 Å². The minimum absolute atomic E-state index is 0.0485. The van der Waals surface area contributed by atoms with Gasteiger partial charge in [0.2, 0.25) is 11.8 Å². The predicted octanol–water partition coefficient (Wildman–Crippen LogP) is 5.19. The summed E-state index contributed by atoms with van der Waals surface area (Å²) in [7, 11) is 4.55. The van der Waals surface area contributed by atoms with Crippen molar-refractivity contribution >= 4 is 27.8 Å². The zero-order valence-corrected chi connectivity index (χ0v) is 25.1. The molecule has 14 heteroatoms. The first kappa shape index (κ1) is 31.1. The Bertz CT molecular complexity index is 2050. The topological polar surface area (TPSA) is 130 Å². The van der Waals surface area contributed by atoms with Gasteiger partial charge in [0.1, 0.15) is 5.56 Å². The van der Waals surface area contributed by atoms with Crippen LogP contribution in [0.3, 0.4) is 0 Å². The van der Waals surface area contributed by atoms with E-state index in [-0.39, 0.29) is 30.2 Å². The van der Waals surface area contributed by atoms with Gasteiger partial charge in [0, 0.05) is 38.4 Å². The number of methoxy groups -OCH3 is 1. The number of nitrogens with zero attached hydrogens (tertiary/aromatic N) is 9. The third-order valence-electron chi connectivity index (χ3n) is 7.36. The van der Waals surface area contributed by atoms with Gasteiger partial charge in [0.15, 0.2) is 5.82 Å². The summed E-state index contributed by atoms with van der Waals surface area (Å²) in [6.07, 6.45) is 1.71. The number of alkyl halides is 3. The largest absolute Gasteiger partial charge is 0.420 e. The van der Waals surface area contributed by atoms with E-state index in [2.05, 4.69) is 26.0 Å². The van der Waals surface area contributed by atoms with Crippen LogP contribution in [-0.4, -0.2) is 51.5 Å². The van der Waals surface area contributed by atoms with Crippen LogP contribution in [0.5, 0.6) is 0 Å². The minimum Gasteiger partial charge on any atom is -0.382 e. The van der Waals surface area contributed by atoms with Crippen molar-refractivity contribution < 1.29 is 22.7 Å². The highest BCUT2D eigenvalue weighted by Gasteiger charge is 2.36. The first-order chi connectivity index (χ1) is 21.4. The normalized spacial score (nSPS) is 12.4. The maximum Gasteiger partial charge on any atom is 0.420 e. The van der Waals surface area contributed by atoms with Gasteiger partial charge in [0.25, 0.3) is 0 Å². The molecule has 0 saturated heterocycles. The van der Waals surface area contributed by atoms with E-state index in [1.807, 2.05) is 6.19 Å². The molecule has 4 aromatic heterocycles. The third-order valence-corrected chi connectivity index (χ3v) is 7.36. The third kappa shape index (κ3) is 5.81. The second-order valence-corrected chi connectivity index (χ2v) is 10.7. The smallest absolute Gasteiger partial charge is 0.382 e. The Kier molecular flexibility index (Phi) is 8.30. The highest BCUT2D eigenvalue weighted by molar-refractivity contribution is 6.04. The number of benzene rings is 1. The van der Waals surface area contributed by atoms with E-state index in [4.69, 9.17) is 9.57 Å². The highest BCUT2D eigenvalue weighted by Crippen LogP contribution is 2.38. The van der Waals surface area contributed by atoms with Crippen LogP contribution < -0.4 is 10.7 Å². The molecule has 0 spiro atoms. The number of aryl methyl sites for hydroxylation is 1. The number of fused-ring (bicyclic) bond motifs is 3. The van der Waals surface area contributed by atoms with E-state index in [1.165, 1.54) is 20.4 Å². The lowest BCUT2D eigenvalue weighted by molar-refractivity contribution is -0.137. The molecule has 4 heterocycles. The van der Waals surface area contributed by atoms with Crippen molar-refractivity contribution in [3.05, 3.63) is 71.9 Å². The van der Waals surface area contributed by atoms with Crippen molar-refractivity contribution in [3.8, 4) is 29.1 Å². The van der Waals surface area contributed by atoms with Gasteiger partial charge < -0.3 is 9.30 Å². The van der Waals surface area contributed by atoms with Crippen LogP contribution in [0.2, 0.25) is 0 Å². The maximum absolute atomic E-state index is 14.2. The average Bonchev–Trinajstić information content (AvgIpc) is 3.31. The zero-order chi connectivity index (χ0) is 32.5. The first-order valence-corrected chi connectivity index (χ1v) is 13.7. The molecule has 0 saturated carbocycles. The Hall–Kier alpha value is -5.31. The van der Waals surface area contributed by atoms with E-state index >= 15 is 0 Å². The lowest BCUT2D eigenvalue weighted by Gasteiger charge is -2.22. The van der Waals surface area contributed by atoms with Gasteiger partial charge in [-0.2, -0.15) is 23.7 Å². The maximum atomic E-state index is 14.2. The number of hydrogen-bond acceptors (Lipinski definition) is 9. The molecule has 0 N–H and O–H groups in total. The first-order valence-electron chi connectivity index (χ1n) is 13.7. The fraction of sp³-hybridized carbons (Fsp3) is 0.290. The fourth-order valence-electron chi connectivity index (χ4n) is 4.94. The molecule has 5 aromatic rings. The molecular weight excluding hydrogens is 587 g/mol. The average molecular weight is 616 g/mol. The Morgan fingerprint density at radius 2 is 1.76 bits per heavy atom. The number of hydroxylamine groups is 1. The van der Waals surface area contributed by atoms with E-state index < -0.39 is 17.2 Å². The lowest BCUT2D eigenvalue weighted by Crippen LogP contribution is -2.24. The molecule has 11 nitrogen and oxygen atoms in total. The molecule has 0 bridgehead atoms. The molecule has 0 aliphatic carbocycles. The standard InChI is InChI=1S/C31H28F3N9O2/c1-30(2,17-35)26-9-7-21(15-38-26)43-27-22-12-19(6-8-24(22)37-16-25(27)41(3)29(43)40-18-36)20-13-23(31(32,33)34)28(39-14-20)42(4)45-11-10-44-5/h6-9,12-16H,10-11H2,1-5H3/b40-29-. The van der Waals surface area contributed by atoms with Crippen molar-refractivity contribution in [1.29, 1.82) is 10.5 Å². The molecule has 0 aliphatic heterocycles. The van der Waals surface area contributed by atoms with Crippen molar-refractivity contribution in [1.82, 2.24) is 24.1 Å². The molecule has 0 atom stereocenters. The number of ether oxygens (including phenoxy) is 1. The summed E-state index contributed by atoms with van der Waals surface area (Å²) in [5.74, 6) is -0.383. The number of rotatable bonds is 8. The van der Waals surface area contributed by atoms with Crippen molar-refractivity contribution in [3.63, 3.8) is 0 Å². The fourth-order valence-corrected chi connectivity index (χ4v) is 4.94.